The molecule has 0 amide bonds. The first-order valence-corrected chi connectivity index (χ1v) is 3.89. The Kier molecular flexibility index (Phi) is 1.96. The summed E-state index contributed by atoms with van der Waals surface area (Å²) in [5.41, 5.74) is 1.28. The quantitative estimate of drug-likeness (QED) is 0.511. The highest BCUT2D eigenvalue weighted by Crippen LogP contribution is 2.29. The number of hydrogen-bond acceptors (Lipinski definition) is 2. The Labute approximate surface area is 60.4 Å². The zero-order valence-electron chi connectivity index (χ0n) is 5.85. The fourth-order valence-corrected chi connectivity index (χ4v) is 1.43. The first-order chi connectivity index (χ1) is 4.20. The van der Waals surface area contributed by atoms with Crippen LogP contribution < -0.4 is 0 Å². The molecule has 0 atom stereocenters. The Morgan fingerprint density at radius 3 is 2.56 bits per heavy atom. The zero-order chi connectivity index (χ0) is 6.85. The van der Waals surface area contributed by atoms with Crippen molar-refractivity contribution in [3.8, 4) is 0 Å². The molecule has 0 fully saturated rings. The van der Waals surface area contributed by atoms with Gasteiger partial charge in [0.25, 0.3) is 0 Å². The standard InChI is InChI=1S/C7H11NS/c1-5(2)7-4-6(3)9-8-7/h5H,3-4H2,1-2H3. The molecule has 1 heterocycles. The summed E-state index contributed by atoms with van der Waals surface area (Å²) in [6, 6.07) is 0. The third kappa shape index (κ3) is 1.58. The molecule has 0 aromatic carbocycles. The smallest absolute Gasteiger partial charge is 0.0341 e. The molecular formula is C7H11NS. The number of allylic oxidation sites excluding steroid dienone is 1. The maximum atomic E-state index is 4.25. The van der Waals surface area contributed by atoms with Crippen molar-refractivity contribution >= 4 is 17.7 Å². The third-order valence-electron chi connectivity index (χ3n) is 1.34. The Balaban J connectivity index is 2.55. The molecule has 1 aliphatic heterocycles. The van der Waals surface area contributed by atoms with Gasteiger partial charge in [0, 0.05) is 29.0 Å². The van der Waals surface area contributed by atoms with E-state index in [1.54, 1.807) is 0 Å². The highest BCUT2D eigenvalue weighted by atomic mass is 32.2. The lowest BCUT2D eigenvalue weighted by Crippen LogP contribution is -2.02. The van der Waals surface area contributed by atoms with Crippen LogP contribution in [0.15, 0.2) is 15.9 Å². The van der Waals surface area contributed by atoms with E-state index in [0.717, 1.165) is 6.42 Å². The molecule has 0 N–H and O–H groups in total. The molecule has 2 heteroatoms. The molecule has 1 aliphatic rings. The highest BCUT2D eigenvalue weighted by Gasteiger charge is 2.13. The van der Waals surface area contributed by atoms with Crippen LogP contribution in [0.3, 0.4) is 0 Å². The molecule has 0 aliphatic carbocycles. The van der Waals surface area contributed by atoms with E-state index in [2.05, 4.69) is 24.8 Å². The molecule has 50 valence electrons. The van der Waals surface area contributed by atoms with E-state index in [9.17, 15) is 0 Å². The lowest BCUT2D eigenvalue weighted by atomic mass is 10.1. The van der Waals surface area contributed by atoms with E-state index in [4.69, 9.17) is 0 Å². The summed E-state index contributed by atoms with van der Waals surface area (Å²) in [5.74, 6) is 0.594. The molecular weight excluding hydrogens is 130 g/mol. The van der Waals surface area contributed by atoms with Gasteiger partial charge in [-0.2, -0.15) is 0 Å². The van der Waals surface area contributed by atoms with E-state index in [-0.39, 0.29) is 0 Å². The molecule has 0 radical (unpaired) electrons. The predicted octanol–water partition coefficient (Wildman–Crippen LogP) is 2.65. The molecule has 0 spiro atoms. The van der Waals surface area contributed by atoms with Gasteiger partial charge < -0.3 is 0 Å². The van der Waals surface area contributed by atoms with Crippen LogP contribution >= 0.6 is 11.9 Å². The fourth-order valence-electron chi connectivity index (χ4n) is 0.699. The maximum Gasteiger partial charge on any atom is 0.0341 e. The van der Waals surface area contributed by atoms with Crippen molar-refractivity contribution in [1.82, 2.24) is 0 Å². The summed E-state index contributed by atoms with van der Waals surface area (Å²) >= 11 is 1.53. The van der Waals surface area contributed by atoms with E-state index in [0.29, 0.717) is 5.92 Å². The molecule has 9 heavy (non-hydrogen) atoms. The van der Waals surface area contributed by atoms with Gasteiger partial charge in [0.15, 0.2) is 0 Å². The number of rotatable bonds is 1. The monoisotopic (exact) mass is 141 g/mol. The van der Waals surface area contributed by atoms with E-state index in [1.807, 2.05) is 0 Å². The van der Waals surface area contributed by atoms with Gasteiger partial charge in [-0.3, -0.25) is 0 Å². The van der Waals surface area contributed by atoms with Crippen molar-refractivity contribution in [2.24, 2.45) is 10.3 Å². The second-order valence-electron chi connectivity index (χ2n) is 2.54. The highest BCUT2D eigenvalue weighted by molar-refractivity contribution is 8.02. The SMILES string of the molecule is C=C1CC(C(C)C)=NS1. The van der Waals surface area contributed by atoms with Crippen molar-refractivity contribution in [3.63, 3.8) is 0 Å². The van der Waals surface area contributed by atoms with Crippen LogP contribution in [0, 0.1) is 5.92 Å². The largest absolute Gasteiger partial charge is 0.220 e. The van der Waals surface area contributed by atoms with Gasteiger partial charge in [-0.05, 0) is 5.92 Å². The van der Waals surface area contributed by atoms with Gasteiger partial charge >= 0.3 is 0 Å². The molecule has 1 rings (SSSR count). The van der Waals surface area contributed by atoms with Crippen LogP contribution in [0.1, 0.15) is 20.3 Å². The fraction of sp³-hybridized carbons (Fsp3) is 0.571. The Bertz CT molecular complexity index is 158. The van der Waals surface area contributed by atoms with Crippen LogP contribution in [0.2, 0.25) is 0 Å². The van der Waals surface area contributed by atoms with E-state index < -0.39 is 0 Å². The van der Waals surface area contributed by atoms with Gasteiger partial charge in [0.2, 0.25) is 0 Å². The van der Waals surface area contributed by atoms with Crippen molar-refractivity contribution in [3.05, 3.63) is 11.5 Å². The summed E-state index contributed by atoms with van der Waals surface area (Å²) < 4.78 is 4.25. The number of hydrogen-bond donors (Lipinski definition) is 0. The van der Waals surface area contributed by atoms with E-state index >= 15 is 0 Å². The average molecular weight is 141 g/mol. The molecule has 0 aromatic rings. The van der Waals surface area contributed by atoms with Crippen LogP contribution in [0.4, 0.5) is 0 Å². The molecule has 0 saturated carbocycles. The van der Waals surface area contributed by atoms with E-state index in [1.165, 1.54) is 22.6 Å². The first-order valence-electron chi connectivity index (χ1n) is 3.11. The van der Waals surface area contributed by atoms with Gasteiger partial charge in [-0.15, -0.1) is 0 Å². The summed E-state index contributed by atoms with van der Waals surface area (Å²) in [6.07, 6.45) is 1.00. The summed E-state index contributed by atoms with van der Waals surface area (Å²) in [4.78, 5) is 1.18. The second-order valence-corrected chi connectivity index (χ2v) is 3.49. The minimum Gasteiger partial charge on any atom is -0.220 e. The first kappa shape index (κ1) is 6.87. The predicted molar refractivity (Wildman–Crippen MR) is 43.6 cm³/mol. The lowest BCUT2D eigenvalue weighted by Gasteiger charge is -1.99. The Hall–Kier alpha value is -0.240. The molecule has 0 aromatic heterocycles. The minimum atomic E-state index is 0.594. The summed E-state index contributed by atoms with van der Waals surface area (Å²) in [5, 5.41) is 0. The molecule has 0 unspecified atom stereocenters. The van der Waals surface area contributed by atoms with Crippen LogP contribution in [-0.2, 0) is 0 Å². The molecule has 0 bridgehead atoms. The lowest BCUT2D eigenvalue weighted by molar-refractivity contribution is 0.873. The van der Waals surface area contributed by atoms with Crippen LogP contribution in [-0.4, -0.2) is 5.71 Å². The van der Waals surface area contributed by atoms with Gasteiger partial charge in [-0.1, -0.05) is 20.4 Å². The maximum absolute atomic E-state index is 4.25. The topological polar surface area (TPSA) is 12.4 Å². The van der Waals surface area contributed by atoms with Crippen LogP contribution in [0.25, 0.3) is 0 Å². The van der Waals surface area contributed by atoms with Crippen molar-refractivity contribution < 1.29 is 0 Å². The minimum absolute atomic E-state index is 0.594. The normalized spacial score (nSPS) is 19.0. The second kappa shape index (κ2) is 2.56. The van der Waals surface area contributed by atoms with Crippen molar-refractivity contribution in [1.29, 1.82) is 0 Å². The Morgan fingerprint density at radius 2 is 2.33 bits per heavy atom. The average Bonchev–Trinajstić information content (AvgIpc) is 2.14. The summed E-state index contributed by atoms with van der Waals surface area (Å²) in [7, 11) is 0. The zero-order valence-corrected chi connectivity index (χ0v) is 6.66. The van der Waals surface area contributed by atoms with Crippen molar-refractivity contribution in [2.75, 3.05) is 0 Å². The third-order valence-corrected chi connectivity index (χ3v) is 2.07. The summed E-state index contributed by atoms with van der Waals surface area (Å²) in [6.45, 7) is 8.16. The van der Waals surface area contributed by atoms with Gasteiger partial charge in [-0.25, -0.2) is 4.40 Å². The Morgan fingerprint density at radius 1 is 1.67 bits per heavy atom. The van der Waals surface area contributed by atoms with Gasteiger partial charge in [0.1, 0.15) is 0 Å². The molecule has 1 nitrogen and oxygen atoms in total. The number of nitrogens with zero attached hydrogens (tertiary/aromatic N) is 1. The van der Waals surface area contributed by atoms with Crippen molar-refractivity contribution in [2.45, 2.75) is 20.3 Å². The van der Waals surface area contributed by atoms with Crippen LogP contribution in [0.5, 0.6) is 0 Å². The van der Waals surface area contributed by atoms with Gasteiger partial charge in [0.05, 0.1) is 0 Å². The molecule has 0 saturated heterocycles.